The first kappa shape index (κ1) is 29.7. The Bertz CT molecular complexity index is 1680. The standard InChI is InChI=1S/C34H33N5O4S/c1-23(41)35-20-28-7-5-6-10-31(28)25-15-17-27(18-16-25)33-42-30(19-32(43-33)26-13-11-24(21-40)12-14-26)22-44-34-36-37-38-39(34)29-8-3-2-4-9-29/h2-18,30,32-33,40H,19-22H2,1H3,(H,35,41). The second kappa shape index (κ2) is 14.0. The summed E-state index contributed by atoms with van der Waals surface area (Å²) in [6, 6.07) is 33.9. The van der Waals surface area contributed by atoms with Crippen LogP contribution < -0.4 is 5.32 Å². The molecule has 44 heavy (non-hydrogen) atoms. The number of aromatic nitrogens is 4. The molecule has 1 fully saturated rings. The van der Waals surface area contributed by atoms with E-state index in [0.29, 0.717) is 23.9 Å². The van der Waals surface area contributed by atoms with Gasteiger partial charge >= 0.3 is 0 Å². The van der Waals surface area contributed by atoms with E-state index in [4.69, 9.17) is 9.47 Å². The van der Waals surface area contributed by atoms with Crippen molar-refractivity contribution in [1.82, 2.24) is 25.5 Å². The molecule has 1 aliphatic heterocycles. The number of benzene rings is 4. The summed E-state index contributed by atoms with van der Waals surface area (Å²) in [5.74, 6) is 0.568. The zero-order valence-electron chi connectivity index (χ0n) is 24.2. The monoisotopic (exact) mass is 607 g/mol. The molecule has 2 N–H and O–H groups in total. The highest BCUT2D eigenvalue weighted by Crippen LogP contribution is 2.40. The van der Waals surface area contributed by atoms with Gasteiger partial charge in [-0.15, -0.1) is 5.10 Å². The largest absolute Gasteiger partial charge is 0.392 e. The van der Waals surface area contributed by atoms with E-state index in [9.17, 15) is 9.90 Å². The number of tetrazole rings is 1. The number of rotatable bonds is 10. The van der Waals surface area contributed by atoms with Gasteiger partial charge in [-0.1, -0.05) is 103 Å². The normalized spacial score (nSPS) is 18.2. The minimum Gasteiger partial charge on any atom is -0.392 e. The molecule has 0 aliphatic carbocycles. The van der Waals surface area contributed by atoms with Crippen LogP contribution in [0.3, 0.4) is 0 Å². The van der Waals surface area contributed by atoms with Crippen LogP contribution in [0.15, 0.2) is 108 Å². The maximum absolute atomic E-state index is 11.5. The molecule has 2 heterocycles. The predicted molar refractivity (Wildman–Crippen MR) is 168 cm³/mol. The number of nitrogens with zero attached hydrogens (tertiary/aromatic N) is 4. The Labute approximate surface area is 260 Å². The van der Waals surface area contributed by atoms with Crippen molar-refractivity contribution in [2.24, 2.45) is 0 Å². The fraction of sp³-hybridized carbons (Fsp3) is 0.235. The predicted octanol–water partition coefficient (Wildman–Crippen LogP) is 5.80. The zero-order valence-corrected chi connectivity index (χ0v) is 25.1. The summed E-state index contributed by atoms with van der Waals surface area (Å²) in [4.78, 5) is 11.5. The second-order valence-electron chi connectivity index (χ2n) is 10.6. The van der Waals surface area contributed by atoms with Crippen molar-refractivity contribution in [3.8, 4) is 16.8 Å². The van der Waals surface area contributed by atoms with Gasteiger partial charge in [-0.3, -0.25) is 4.79 Å². The highest BCUT2D eigenvalue weighted by Gasteiger charge is 2.32. The molecule has 4 aromatic carbocycles. The molecule has 1 saturated heterocycles. The van der Waals surface area contributed by atoms with E-state index in [-0.39, 0.29) is 24.7 Å². The number of amides is 1. The van der Waals surface area contributed by atoms with Gasteiger partial charge in [0.25, 0.3) is 0 Å². The molecule has 5 aromatic rings. The molecule has 3 unspecified atom stereocenters. The van der Waals surface area contributed by atoms with Gasteiger partial charge in [-0.25, -0.2) is 0 Å². The number of carbonyl (C=O) groups excluding carboxylic acids is 1. The van der Waals surface area contributed by atoms with Crippen molar-refractivity contribution in [2.75, 3.05) is 5.75 Å². The van der Waals surface area contributed by atoms with Gasteiger partial charge in [-0.05, 0) is 50.4 Å². The van der Waals surface area contributed by atoms with Crippen LogP contribution in [0.1, 0.15) is 48.0 Å². The van der Waals surface area contributed by atoms with E-state index in [1.54, 1.807) is 16.4 Å². The topological polar surface area (TPSA) is 111 Å². The van der Waals surface area contributed by atoms with Crippen molar-refractivity contribution in [3.05, 3.63) is 125 Å². The fourth-order valence-corrected chi connectivity index (χ4v) is 6.09. The fourth-order valence-electron chi connectivity index (χ4n) is 5.19. The summed E-state index contributed by atoms with van der Waals surface area (Å²) in [5, 5.41) is 25.4. The minimum absolute atomic E-state index is 0.00672. The molecule has 0 bridgehead atoms. The maximum Gasteiger partial charge on any atom is 0.217 e. The van der Waals surface area contributed by atoms with Crippen LogP contribution in [0.2, 0.25) is 0 Å². The van der Waals surface area contributed by atoms with Gasteiger partial charge in [0, 0.05) is 31.2 Å². The molecular formula is C34H33N5O4S. The van der Waals surface area contributed by atoms with E-state index in [0.717, 1.165) is 39.1 Å². The smallest absolute Gasteiger partial charge is 0.217 e. The summed E-state index contributed by atoms with van der Waals surface area (Å²) in [6.07, 6.45) is -0.259. The first-order chi connectivity index (χ1) is 21.6. The SMILES string of the molecule is CC(=O)NCc1ccccc1-c1ccc(C2OC(CSc3nnnn3-c3ccccc3)CC(c3ccc(CO)cc3)O2)cc1. The first-order valence-electron chi connectivity index (χ1n) is 14.5. The van der Waals surface area contributed by atoms with Crippen LogP contribution in [0, 0.1) is 0 Å². The Morgan fingerprint density at radius 1 is 0.932 bits per heavy atom. The highest BCUT2D eigenvalue weighted by atomic mass is 32.2. The molecule has 224 valence electrons. The van der Waals surface area contributed by atoms with E-state index < -0.39 is 6.29 Å². The molecule has 0 saturated carbocycles. The van der Waals surface area contributed by atoms with Gasteiger partial charge in [-0.2, -0.15) is 4.68 Å². The number of thioether (sulfide) groups is 1. The van der Waals surface area contributed by atoms with Gasteiger partial charge in [0.1, 0.15) is 0 Å². The first-order valence-corrected chi connectivity index (χ1v) is 15.5. The Morgan fingerprint density at radius 3 is 2.41 bits per heavy atom. The number of ether oxygens (including phenoxy) is 2. The maximum atomic E-state index is 11.5. The summed E-state index contributed by atoms with van der Waals surface area (Å²) in [5.41, 5.74) is 6.84. The third kappa shape index (κ3) is 7.06. The lowest BCUT2D eigenvalue weighted by atomic mass is 9.98. The van der Waals surface area contributed by atoms with Crippen LogP contribution in [0.4, 0.5) is 0 Å². The average Bonchev–Trinajstić information content (AvgIpc) is 3.56. The average molecular weight is 608 g/mol. The van der Waals surface area contributed by atoms with Crippen molar-refractivity contribution >= 4 is 17.7 Å². The number of aliphatic hydroxyl groups excluding tert-OH is 1. The minimum atomic E-state index is -0.578. The van der Waals surface area contributed by atoms with Crippen molar-refractivity contribution in [3.63, 3.8) is 0 Å². The zero-order chi connectivity index (χ0) is 30.3. The highest BCUT2D eigenvalue weighted by molar-refractivity contribution is 7.99. The van der Waals surface area contributed by atoms with E-state index in [2.05, 4.69) is 39.0 Å². The number of para-hydroxylation sites is 1. The molecule has 1 amide bonds. The lowest BCUT2D eigenvalue weighted by Crippen LogP contribution is -2.31. The van der Waals surface area contributed by atoms with E-state index in [1.165, 1.54) is 6.92 Å². The molecule has 0 radical (unpaired) electrons. The quantitative estimate of drug-likeness (QED) is 0.192. The summed E-state index contributed by atoms with van der Waals surface area (Å²) >= 11 is 1.55. The summed E-state index contributed by atoms with van der Waals surface area (Å²) in [6.45, 7) is 1.98. The third-order valence-electron chi connectivity index (χ3n) is 7.49. The van der Waals surface area contributed by atoms with E-state index in [1.807, 2.05) is 84.9 Å². The Morgan fingerprint density at radius 2 is 1.66 bits per heavy atom. The van der Waals surface area contributed by atoms with Crippen LogP contribution in [-0.2, 0) is 27.4 Å². The van der Waals surface area contributed by atoms with Crippen molar-refractivity contribution in [1.29, 1.82) is 0 Å². The number of hydrogen-bond acceptors (Lipinski definition) is 8. The Balaban J connectivity index is 1.22. The van der Waals surface area contributed by atoms with Gasteiger partial charge in [0.05, 0.1) is 24.5 Å². The Kier molecular flexibility index (Phi) is 9.43. The van der Waals surface area contributed by atoms with Gasteiger partial charge in [0.2, 0.25) is 11.1 Å². The summed E-state index contributed by atoms with van der Waals surface area (Å²) < 4.78 is 14.8. The lowest BCUT2D eigenvalue weighted by molar-refractivity contribution is -0.245. The number of hydrogen-bond donors (Lipinski definition) is 2. The van der Waals surface area contributed by atoms with Crippen LogP contribution >= 0.6 is 11.8 Å². The van der Waals surface area contributed by atoms with E-state index >= 15 is 0 Å². The molecule has 1 aliphatic rings. The number of carbonyl (C=O) groups is 1. The Hall–Kier alpha value is -4.35. The summed E-state index contributed by atoms with van der Waals surface area (Å²) in [7, 11) is 0. The van der Waals surface area contributed by atoms with Crippen molar-refractivity contribution in [2.45, 2.75) is 50.2 Å². The molecule has 9 nitrogen and oxygen atoms in total. The van der Waals surface area contributed by atoms with Gasteiger partial charge in [0.15, 0.2) is 6.29 Å². The molecular weight excluding hydrogens is 574 g/mol. The third-order valence-corrected chi connectivity index (χ3v) is 8.55. The molecule has 3 atom stereocenters. The van der Waals surface area contributed by atoms with Crippen LogP contribution in [0.25, 0.3) is 16.8 Å². The second-order valence-corrected chi connectivity index (χ2v) is 11.5. The lowest BCUT2D eigenvalue weighted by Gasteiger charge is -2.36. The van der Waals surface area contributed by atoms with Crippen LogP contribution in [-0.4, -0.2) is 43.1 Å². The van der Waals surface area contributed by atoms with Crippen LogP contribution in [0.5, 0.6) is 0 Å². The number of nitrogens with one attached hydrogen (secondary N) is 1. The molecule has 6 rings (SSSR count). The number of aliphatic hydroxyl groups is 1. The molecule has 1 aromatic heterocycles. The molecule has 0 spiro atoms. The van der Waals surface area contributed by atoms with Gasteiger partial charge < -0.3 is 19.9 Å². The van der Waals surface area contributed by atoms with Crippen molar-refractivity contribution < 1.29 is 19.4 Å². The molecule has 10 heteroatoms.